The molecule has 3 unspecified atom stereocenters. The quantitative estimate of drug-likeness (QED) is 0.202. The molecule has 4 saturated heterocycles. The first-order chi connectivity index (χ1) is 27.7. The smallest absolute Gasteiger partial charge is 0.262 e. The zero-order chi connectivity index (χ0) is 38.9. The van der Waals surface area contributed by atoms with Gasteiger partial charge in [0.15, 0.2) is 5.65 Å². The van der Waals surface area contributed by atoms with Gasteiger partial charge >= 0.3 is 0 Å². The van der Waals surface area contributed by atoms with E-state index in [-0.39, 0.29) is 42.1 Å². The van der Waals surface area contributed by atoms with Gasteiger partial charge in [-0.25, -0.2) is 19.0 Å². The van der Waals surface area contributed by atoms with Crippen LogP contribution in [0.2, 0.25) is 0 Å². The number of piperazine rings is 1. The lowest BCUT2D eigenvalue weighted by Crippen LogP contribution is -2.69. The molecule has 0 spiro atoms. The van der Waals surface area contributed by atoms with Crippen molar-refractivity contribution in [3.8, 4) is 22.8 Å². The molecule has 1 aliphatic carbocycles. The van der Waals surface area contributed by atoms with E-state index in [1.807, 2.05) is 64.2 Å². The van der Waals surface area contributed by atoms with E-state index >= 15 is 4.39 Å². The third-order valence-corrected chi connectivity index (χ3v) is 12.4. The Balaban J connectivity index is 0.785. The van der Waals surface area contributed by atoms with Gasteiger partial charge in [0.1, 0.15) is 41.2 Å². The number of nitrogens with one attached hydrogen (secondary N) is 1. The lowest BCUT2D eigenvalue weighted by Gasteiger charge is -2.58. The molecule has 11 rings (SSSR count). The van der Waals surface area contributed by atoms with Crippen LogP contribution >= 0.6 is 0 Å². The second-order valence-electron chi connectivity index (χ2n) is 15.8. The molecule has 7 heterocycles. The van der Waals surface area contributed by atoms with Gasteiger partial charge in [-0.2, -0.15) is 5.10 Å². The number of halogens is 1. The molecule has 5 fully saturated rings. The molecule has 3 atom stereocenters. The number of nitrogens with zero attached hydrogens (tertiary/aromatic N) is 7. The molecule has 3 aromatic carbocycles. The topological polar surface area (TPSA) is 169 Å². The molecule has 0 radical (unpaired) electrons. The van der Waals surface area contributed by atoms with E-state index in [2.05, 4.69) is 20.2 Å². The van der Waals surface area contributed by atoms with Gasteiger partial charge in [-0.15, -0.1) is 0 Å². The fourth-order valence-corrected chi connectivity index (χ4v) is 9.61. The molecule has 290 valence electrons. The molecular formula is C42H40FN9O5. The average molecular weight is 770 g/mol. The van der Waals surface area contributed by atoms with Gasteiger partial charge in [0.25, 0.3) is 11.8 Å². The Hall–Kier alpha value is -6.22. The third kappa shape index (κ3) is 6.07. The highest BCUT2D eigenvalue weighted by Crippen LogP contribution is 2.43. The maximum absolute atomic E-state index is 15.7. The molecule has 6 aliphatic rings. The summed E-state index contributed by atoms with van der Waals surface area (Å²) in [6.07, 6.45) is 6.45. The molecule has 5 aromatic rings. The minimum atomic E-state index is -1.10. The van der Waals surface area contributed by atoms with Crippen LogP contribution in [0.4, 0.5) is 15.9 Å². The van der Waals surface area contributed by atoms with Crippen molar-refractivity contribution in [1.82, 2.24) is 34.9 Å². The number of carbonyl (C=O) groups excluding carboxylic acids is 4. The summed E-state index contributed by atoms with van der Waals surface area (Å²) in [5, 5.41) is 8.04. The van der Waals surface area contributed by atoms with E-state index in [0.29, 0.717) is 17.4 Å². The Morgan fingerprint density at radius 3 is 2.25 bits per heavy atom. The molecule has 4 amide bonds. The first-order valence-electron chi connectivity index (χ1n) is 19.6. The zero-order valence-electron chi connectivity index (χ0n) is 31.0. The fraction of sp³-hybridized carbons (Fsp3) is 0.357. The number of hydrogen-bond acceptors (Lipinski definition) is 11. The number of nitrogens with two attached hydrogens (primary N) is 1. The first kappa shape index (κ1) is 35.2. The number of imide groups is 2. The highest BCUT2D eigenvalue weighted by atomic mass is 19.1. The number of rotatable bonds is 8. The zero-order valence-corrected chi connectivity index (χ0v) is 31.0. The Morgan fingerprint density at radius 1 is 0.825 bits per heavy atom. The average Bonchev–Trinajstić information content (AvgIpc) is 3.71. The summed E-state index contributed by atoms with van der Waals surface area (Å²) in [7, 11) is 0. The Morgan fingerprint density at radius 2 is 1.53 bits per heavy atom. The van der Waals surface area contributed by atoms with E-state index in [1.165, 1.54) is 12.4 Å². The monoisotopic (exact) mass is 769 g/mol. The van der Waals surface area contributed by atoms with Crippen LogP contribution in [0.3, 0.4) is 0 Å². The van der Waals surface area contributed by atoms with Crippen molar-refractivity contribution in [1.29, 1.82) is 0 Å². The summed E-state index contributed by atoms with van der Waals surface area (Å²) >= 11 is 0. The second kappa shape index (κ2) is 13.8. The number of amides is 4. The van der Waals surface area contributed by atoms with Crippen molar-refractivity contribution >= 4 is 46.2 Å². The van der Waals surface area contributed by atoms with E-state index in [0.717, 1.165) is 96.5 Å². The van der Waals surface area contributed by atoms with E-state index < -0.39 is 35.5 Å². The van der Waals surface area contributed by atoms with Crippen LogP contribution in [-0.2, 0) is 9.59 Å². The lowest BCUT2D eigenvalue weighted by atomic mass is 9.82. The molecule has 57 heavy (non-hydrogen) atoms. The van der Waals surface area contributed by atoms with Gasteiger partial charge in [0, 0.05) is 43.7 Å². The maximum Gasteiger partial charge on any atom is 0.262 e. The Bertz CT molecular complexity index is 2440. The third-order valence-electron chi connectivity index (χ3n) is 12.4. The highest BCUT2D eigenvalue weighted by molar-refractivity contribution is 6.23. The maximum atomic E-state index is 15.7. The fourth-order valence-electron chi connectivity index (χ4n) is 9.61. The number of hydrogen-bond donors (Lipinski definition) is 2. The first-order valence-corrected chi connectivity index (χ1v) is 19.6. The standard InChI is InChI=1S/C42H40FN9O5/c43-32-17-30-31(42(56)51(41(30)55)33-14-15-35(53)47-40(33)54)18-34(32)50-26-16-27(50)21-49(20-26)19-23-6-10-25(11-7-23)52-39-36(38(44)45-22-46-39)37(48-52)24-8-12-29(13-9-24)57-28-4-2-1-3-5-28/h1-5,8-9,12-13,17-18,22-23,25-27,33H,6-7,10-11,14-16,19-21H2,(H2,44,45,46)(H,47,53,54). The summed E-state index contributed by atoms with van der Waals surface area (Å²) < 4.78 is 23.7. The summed E-state index contributed by atoms with van der Waals surface area (Å²) in [6, 6.07) is 19.3. The summed E-state index contributed by atoms with van der Waals surface area (Å²) in [6.45, 7) is 2.51. The van der Waals surface area contributed by atoms with Gasteiger partial charge in [0.2, 0.25) is 11.8 Å². The van der Waals surface area contributed by atoms with E-state index in [4.69, 9.17) is 15.6 Å². The predicted molar refractivity (Wildman–Crippen MR) is 207 cm³/mol. The number of fused-ring (bicyclic) bond motifs is 4. The van der Waals surface area contributed by atoms with Crippen molar-refractivity contribution in [2.24, 2.45) is 5.92 Å². The number of aromatic nitrogens is 4. The molecule has 14 nitrogen and oxygen atoms in total. The molecule has 2 aromatic heterocycles. The van der Waals surface area contributed by atoms with Crippen LogP contribution in [-0.4, -0.2) is 90.9 Å². The van der Waals surface area contributed by atoms with Crippen molar-refractivity contribution in [2.45, 2.75) is 69.1 Å². The number of piperidine rings is 2. The van der Waals surface area contributed by atoms with Crippen LogP contribution in [0.1, 0.15) is 71.7 Å². The molecule has 3 N–H and O–H groups in total. The minimum Gasteiger partial charge on any atom is -0.457 e. The molecule has 5 aliphatic heterocycles. The van der Waals surface area contributed by atoms with E-state index in [1.54, 1.807) is 0 Å². The van der Waals surface area contributed by atoms with Crippen LogP contribution in [0.15, 0.2) is 73.1 Å². The Kier molecular flexibility index (Phi) is 8.50. The van der Waals surface area contributed by atoms with Crippen molar-refractivity contribution in [3.05, 3.63) is 90.0 Å². The molecule has 1 saturated carbocycles. The largest absolute Gasteiger partial charge is 0.457 e. The van der Waals surface area contributed by atoms with Gasteiger partial charge in [0.05, 0.1) is 28.2 Å². The predicted octanol–water partition coefficient (Wildman–Crippen LogP) is 5.10. The van der Waals surface area contributed by atoms with Gasteiger partial charge < -0.3 is 15.4 Å². The lowest BCUT2D eigenvalue weighted by molar-refractivity contribution is -0.136. The van der Waals surface area contributed by atoms with Gasteiger partial charge in [-0.05, 0) is 93.0 Å². The minimum absolute atomic E-state index is 0.0222. The molecule has 15 heteroatoms. The summed E-state index contributed by atoms with van der Waals surface area (Å²) in [4.78, 5) is 65.1. The van der Waals surface area contributed by atoms with E-state index in [9.17, 15) is 19.2 Å². The number of anilines is 2. The highest BCUT2D eigenvalue weighted by Gasteiger charge is 2.49. The van der Waals surface area contributed by atoms with Crippen LogP contribution in [0, 0.1) is 11.7 Å². The second-order valence-corrected chi connectivity index (χ2v) is 15.8. The summed E-state index contributed by atoms with van der Waals surface area (Å²) in [5.41, 5.74) is 9.17. The number of ether oxygens (including phenoxy) is 1. The number of benzene rings is 3. The normalized spacial score (nSPS) is 24.8. The number of carbonyl (C=O) groups is 4. The number of nitrogen functional groups attached to an aromatic ring is 1. The van der Waals surface area contributed by atoms with Crippen LogP contribution in [0.5, 0.6) is 11.5 Å². The SMILES string of the molecule is Nc1ncnc2c1c(-c1ccc(Oc3ccccc3)cc1)nn2C1CCC(CN2CC3CC(C2)N3c2cc3c(cc2F)C(=O)N(C2CCC(=O)NC2=O)C3=O)CC1. The van der Waals surface area contributed by atoms with Gasteiger partial charge in [-0.1, -0.05) is 18.2 Å². The van der Waals surface area contributed by atoms with Crippen LogP contribution in [0.25, 0.3) is 22.3 Å². The van der Waals surface area contributed by atoms with Gasteiger partial charge in [-0.3, -0.25) is 34.3 Å². The van der Waals surface area contributed by atoms with Crippen LogP contribution < -0.4 is 20.7 Å². The molecule has 2 bridgehead atoms. The van der Waals surface area contributed by atoms with Crippen molar-refractivity contribution in [2.75, 3.05) is 30.3 Å². The Labute approximate surface area is 326 Å². The van der Waals surface area contributed by atoms with Crippen molar-refractivity contribution in [3.63, 3.8) is 0 Å². The summed E-state index contributed by atoms with van der Waals surface area (Å²) in [5.74, 6) is -0.653. The number of para-hydroxylation sites is 1. The molecular weight excluding hydrogens is 730 g/mol. The van der Waals surface area contributed by atoms with Crippen molar-refractivity contribution < 1.29 is 28.3 Å².